The van der Waals surface area contributed by atoms with Crippen molar-refractivity contribution in [3.8, 4) is 5.75 Å². The zero-order valence-electron chi connectivity index (χ0n) is 13.9. The topological polar surface area (TPSA) is 62.4 Å². The van der Waals surface area contributed by atoms with E-state index in [1.54, 1.807) is 48.5 Å². The third-order valence-corrected chi connectivity index (χ3v) is 4.42. The monoisotopic (exact) mass is 465 g/mol. The van der Waals surface area contributed by atoms with Crippen LogP contribution in [0.3, 0.4) is 0 Å². The molecule has 5 nitrogen and oxygen atoms in total. The van der Waals surface area contributed by atoms with E-state index in [0.717, 1.165) is 0 Å². The Morgan fingerprint density at radius 1 is 1.11 bits per heavy atom. The predicted octanol–water partition coefficient (Wildman–Crippen LogP) is 4.76. The Balaban J connectivity index is 2.06. The number of hydrogen-bond donors (Lipinski definition) is 3. The van der Waals surface area contributed by atoms with Crippen LogP contribution < -0.4 is 20.7 Å². The van der Waals surface area contributed by atoms with Gasteiger partial charge >= 0.3 is 0 Å². The highest BCUT2D eigenvalue weighted by atomic mass is 35.6. The van der Waals surface area contributed by atoms with Gasteiger partial charge in [-0.2, -0.15) is 0 Å². The summed E-state index contributed by atoms with van der Waals surface area (Å²) in [7, 11) is 1.53. The summed E-state index contributed by atoms with van der Waals surface area (Å²) in [4.78, 5) is 12.4. The highest BCUT2D eigenvalue weighted by Crippen LogP contribution is 2.29. The number of rotatable bonds is 5. The number of thiocarbonyl (C=S) groups is 1. The van der Waals surface area contributed by atoms with E-state index in [1.165, 1.54) is 7.11 Å². The second-order valence-corrected chi connectivity index (χ2v) is 8.50. The lowest BCUT2D eigenvalue weighted by atomic mass is 10.2. The summed E-state index contributed by atoms with van der Waals surface area (Å²) in [5.74, 6) is 0.168. The van der Waals surface area contributed by atoms with Gasteiger partial charge in [0.05, 0.1) is 7.11 Å². The first-order chi connectivity index (χ1) is 12.7. The summed E-state index contributed by atoms with van der Waals surface area (Å²) >= 11 is 29.1. The van der Waals surface area contributed by atoms with E-state index in [0.29, 0.717) is 22.0 Å². The van der Waals surface area contributed by atoms with Gasteiger partial charge in [-0.15, -0.1) is 0 Å². The number of anilines is 1. The first-order valence-corrected chi connectivity index (χ1v) is 9.46. The molecule has 0 aliphatic rings. The smallest absolute Gasteiger partial charge is 0.252 e. The molecule has 0 unspecified atom stereocenters. The first-order valence-electron chi connectivity index (χ1n) is 7.54. The number of alkyl halides is 3. The maximum absolute atomic E-state index is 12.4. The normalized spacial score (nSPS) is 12.0. The number of ether oxygens (including phenoxy) is 1. The molecule has 10 heteroatoms. The molecule has 0 bridgehead atoms. The summed E-state index contributed by atoms with van der Waals surface area (Å²) in [6.45, 7) is 0. The molecule has 2 aromatic carbocycles. The average molecular weight is 467 g/mol. The van der Waals surface area contributed by atoms with Crippen molar-refractivity contribution in [2.75, 3.05) is 12.4 Å². The Labute approximate surface area is 182 Å². The maximum atomic E-state index is 12.4. The van der Waals surface area contributed by atoms with E-state index >= 15 is 0 Å². The van der Waals surface area contributed by atoms with Crippen LogP contribution in [0.15, 0.2) is 48.5 Å². The molecule has 1 amide bonds. The molecule has 0 fully saturated rings. The minimum Gasteiger partial charge on any atom is -0.497 e. The van der Waals surface area contributed by atoms with E-state index in [9.17, 15) is 4.79 Å². The number of hydrogen-bond acceptors (Lipinski definition) is 3. The molecule has 0 aliphatic heterocycles. The molecule has 0 saturated carbocycles. The maximum Gasteiger partial charge on any atom is 0.252 e. The molecule has 1 atom stereocenters. The van der Waals surface area contributed by atoms with Gasteiger partial charge in [0.2, 0.25) is 3.79 Å². The van der Waals surface area contributed by atoms with Crippen LogP contribution in [0.2, 0.25) is 5.02 Å². The summed E-state index contributed by atoms with van der Waals surface area (Å²) in [5.41, 5.74) is 1.01. The first kappa shape index (κ1) is 21.9. The molecule has 0 aromatic heterocycles. The fourth-order valence-electron chi connectivity index (χ4n) is 2.02. The standard InChI is InChI=1S/C17H15Cl4N3O2S/c1-26-13-7-5-10(6-8-13)14(25)23-15(17(19,20)21)24-16(27)22-12-4-2-3-11(18)9-12/h2-9,15H,1H3,(H,23,25)(H2,22,24,27)/t15-/m0/s1. The van der Waals surface area contributed by atoms with Crippen LogP contribution in [0, 0.1) is 0 Å². The van der Waals surface area contributed by atoms with Gasteiger partial charge in [0.15, 0.2) is 5.11 Å². The van der Waals surface area contributed by atoms with Crippen molar-refractivity contribution in [3.05, 3.63) is 59.1 Å². The molecule has 27 heavy (non-hydrogen) atoms. The summed E-state index contributed by atoms with van der Waals surface area (Å²) in [6.07, 6.45) is -1.09. The van der Waals surface area contributed by atoms with E-state index in [1.807, 2.05) is 0 Å². The zero-order chi connectivity index (χ0) is 20.0. The van der Waals surface area contributed by atoms with Crippen LogP contribution in [0.25, 0.3) is 0 Å². The SMILES string of the molecule is COc1ccc(C(=O)N[C@@H](NC(=S)Nc2cccc(Cl)c2)C(Cl)(Cl)Cl)cc1. The molecular weight excluding hydrogens is 452 g/mol. The number of benzene rings is 2. The number of carbonyl (C=O) groups is 1. The lowest BCUT2D eigenvalue weighted by Crippen LogP contribution is -2.56. The van der Waals surface area contributed by atoms with Crippen molar-refractivity contribution in [2.24, 2.45) is 0 Å². The van der Waals surface area contributed by atoms with Gasteiger partial charge < -0.3 is 20.7 Å². The van der Waals surface area contributed by atoms with Crippen LogP contribution in [-0.2, 0) is 0 Å². The van der Waals surface area contributed by atoms with E-state index in [-0.39, 0.29) is 5.11 Å². The molecule has 0 radical (unpaired) electrons. The van der Waals surface area contributed by atoms with Crippen molar-refractivity contribution in [1.29, 1.82) is 0 Å². The Hall–Kier alpha value is -1.44. The third-order valence-electron chi connectivity index (χ3n) is 3.31. The van der Waals surface area contributed by atoms with Gasteiger partial charge in [-0.25, -0.2) is 0 Å². The van der Waals surface area contributed by atoms with Gasteiger partial charge in [0.1, 0.15) is 11.9 Å². The van der Waals surface area contributed by atoms with E-state index in [4.69, 9.17) is 63.4 Å². The van der Waals surface area contributed by atoms with E-state index < -0.39 is 15.9 Å². The Kier molecular flexibility index (Phi) is 7.82. The lowest BCUT2D eigenvalue weighted by molar-refractivity contribution is 0.0934. The largest absolute Gasteiger partial charge is 0.497 e. The number of halogens is 4. The quantitative estimate of drug-likeness (QED) is 0.337. The Morgan fingerprint density at radius 3 is 2.33 bits per heavy atom. The van der Waals surface area contributed by atoms with Gasteiger partial charge in [-0.3, -0.25) is 4.79 Å². The molecule has 2 rings (SSSR count). The van der Waals surface area contributed by atoms with E-state index in [2.05, 4.69) is 16.0 Å². The van der Waals surface area contributed by atoms with Gasteiger partial charge in [-0.1, -0.05) is 52.5 Å². The Bertz CT molecular complexity index is 813. The summed E-state index contributed by atoms with van der Waals surface area (Å²) in [6, 6.07) is 13.4. The molecule has 0 heterocycles. The second kappa shape index (κ2) is 9.66. The molecule has 3 N–H and O–H groups in total. The van der Waals surface area contributed by atoms with Crippen LogP contribution in [-0.4, -0.2) is 28.1 Å². The van der Waals surface area contributed by atoms with Crippen molar-refractivity contribution in [2.45, 2.75) is 9.96 Å². The molecule has 0 aliphatic carbocycles. The predicted molar refractivity (Wildman–Crippen MR) is 115 cm³/mol. The zero-order valence-corrected chi connectivity index (χ0v) is 17.8. The summed E-state index contributed by atoms with van der Waals surface area (Å²) < 4.78 is 3.20. The second-order valence-electron chi connectivity index (χ2n) is 5.29. The highest BCUT2D eigenvalue weighted by Gasteiger charge is 2.34. The third kappa shape index (κ3) is 6.90. The fourth-order valence-corrected chi connectivity index (χ4v) is 2.77. The Morgan fingerprint density at radius 2 is 1.78 bits per heavy atom. The van der Waals surface area contributed by atoms with Crippen molar-refractivity contribution in [1.82, 2.24) is 10.6 Å². The van der Waals surface area contributed by atoms with Crippen molar-refractivity contribution in [3.63, 3.8) is 0 Å². The minimum atomic E-state index is -1.86. The van der Waals surface area contributed by atoms with Gasteiger partial charge in [0.25, 0.3) is 5.91 Å². The number of methoxy groups -OCH3 is 1. The lowest BCUT2D eigenvalue weighted by Gasteiger charge is -2.27. The van der Waals surface area contributed by atoms with Crippen LogP contribution in [0.5, 0.6) is 5.75 Å². The van der Waals surface area contributed by atoms with Gasteiger partial charge in [0, 0.05) is 16.3 Å². The van der Waals surface area contributed by atoms with Gasteiger partial charge in [-0.05, 0) is 54.7 Å². The van der Waals surface area contributed by atoms with Crippen LogP contribution >= 0.6 is 58.6 Å². The average Bonchev–Trinajstić information content (AvgIpc) is 2.60. The molecule has 144 valence electrons. The molecular formula is C17H15Cl4N3O2S. The van der Waals surface area contributed by atoms with Crippen molar-refractivity contribution < 1.29 is 9.53 Å². The molecule has 0 spiro atoms. The number of amides is 1. The van der Waals surface area contributed by atoms with Crippen LogP contribution in [0.1, 0.15) is 10.4 Å². The number of carbonyl (C=O) groups excluding carboxylic acids is 1. The molecule has 2 aromatic rings. The molecule has 0 saturated heterocycles. The number of nitrogens with one attached hydrogen (secondary N) is 3. The minimum absolute atomic E-state index is 0.142. The van der Waals surface area contributed by atoms with Crippen LogP contribution in [0.4, 0.5) is 5.69 Å². The summed E-state index contributed by atoms with van der Waals surface area (Å²) in [5, 5.41) is 8.95. The van der Waals surface area contributed by atoms with Crippen molar-refractivity contribution >= 4 is 75.3 Å². The highest BCUT2D eigenvalue weighted by molar-refractivity contribution is 7.80. The fraction of sp³-hybridized carbons (Fsp3) is 0.176.